The van der Waals surface area contributed by atoms with Crippen LogP contribution in [0, 0.1) is 0 Å². The Morgan fingerprint density at radius 3 is 3.00 bits per heavy atom. The van der Waals surface area contributed by atoms with E-state index in [-0.39, 0.29) is 0 Å². The standard InChI is InChI=1S/C12H18N6O/c1-19-12-9(13)7-17(16-12)8-11-15-14-10-5-3-2-4-6-18(10)11/h7H,2-6,8,13H2,1H3. The second-order valence-corrected chi connectivity index (χ2v) is 4.79. The molecule has 3 rings (SSSR count). The summed E-state index contributed by atoms with van der Waals surface area (Å²) in [7, 11) is 1.56. The number of nitrogens with two attached hydrogens (primary N) is 1. The van der Waals surface area contributed by atoms with Crippen molar-refractivity contribution < 1.29 is 4.74 Å². The average molecular weight is 262 g/mol. The maximum Gasteiger partial charge on any atom is 0.256 e. The van der Waals surface area contributed by atoms with E-state index in [4.69, 9.17) is 10.5 Å². The first-order valence-electron chi connectivity index (χ1n) is 6.56. The number of ether oxygens (including phenoxy) is 1. The molecule has 1 aliphatic heterocycles. The zero-order valence-electron chi connectivity index (χ0n) is 11.0. The molecule has 19 heavy (non-hydrogen) atoms. The number of rotatable bonds is 3. The quantitative estimate of drug-likeness (QED) is 0.886. The molecule has 0 aromatic carbocycles. The van der Waals surface area contributed by atoms with Gasteiger partial charge < -0.3 is 15.0 Å². The third kappa shape index (κ3) is 2.27. The van der Waals surface area contributed by atoms with Crippen molar-refractivity contribution in [3.8, 4) is 5.88 Å². The minimum Gasteiger partial charge on any atom is -0.478 e. The van der Waals surface area contributed by atoms with E-state index < -0.39 is 0 Å². The van der Waals surface area contributed by atoms with Crippen LogP contribution in [0.5, 0.6) is 5.88 Å². The number of hydrogen-bond acceptors (Lipinski definition) is 5. The highest BCUT2D eigenvalue weighted by Crippen LogP contribution is 2.19. The van der Waals surface area contributed by atoms with Gasteiger partial charge in [-0.15, -0.1) is 15.3 Å². The Bertz CT molecular complexity index is 573. The van der Waals surface area contributed by atoms with E-state index >= 15 is 0 Å². The molecule has 0 amide bonds. The lowest BCUT2D eigenvalue weighted by atomic mass is 10.2. The largest absolute Gasteiger partial charge is 0.478 e. The summed E-state index contributed by atoms with van der Waals surface area (Å²) < 4.78 is 9.03. The Labute approximate surface area is 111 Å². The Morgan fingerprint density at radius 2 is 2.21 bits per heavy atom. The summed E-state index contributed by atoms with van der Waals surface area (Å²) in [6, 6.07) is 0. The zero-order chi connectivity index (χ0) is 13.2. The molecule has 2 N–H and O–H groups in total. The molecule has 102 valence electrons. The van der Waals surface area contributed by atoms with Gasteiger partial charge in [-0.1, -0.05) is 6.42 Å². The van der Waals surface area contributed by atoms with Gasteiger partial charge in [0.1, 0.15) is 18.1 Å². The van der Waals surface area contributed by atoms with E-state index in [1.807, 2.05) is 0 Å². The first-order valence-corrected chi connectivity index (χ1v) is 6.56. The van der Waals surface area contributed by atoms with Gasteiger partial charge in [-0.2, -0.15) is 0 Å². The minimum atomic E-state index is 0.454. The third-order valence-corrected chi connectivity index (χ3v) is 3.44. The molecule has 7 nitrogen and oxygen atoms in total. The van der Waals surface area contributed by atoms with E-state index in [1.54, 1.807) is 18.0 Å². The highest BCUT2D eigenvalue weighted by molar-refractivity contribution is 5.45. The van der Waals surface area contributed by atoms with Crippen molar-refractivity contribution in [1.29, 1.82) is 0 Å². The van der Waals surface area contributed by atoms with Crippen molar-refractivity contribution >= 4 is 5.69 Å². The van der Waals surface area contributed by atoms with Gasteiger partial charge in [0.15, 0.2) is 5.82 Å². The van der Waals surface area contributed by atoms with Gasteiger partial charge in [0.05, 0.1) is 13.3 Å². The number of methoxy groups -OCH3 is 1. The maximum absolute atomic E-state index is 5.79. The lowest BCUT2D eigenvalue weighted by Gasteiger charge is -2.06. The van der Waals surface area contributed by atoms with Crippen LogP contribution in [0.15, 0.2) is 6.20 Å². The topological polar surface area (TPSA) is 83.8 Å². The van der Waals surface area contributed by atoms with Crippen LogP contribution in [0.3, 0.4) is 0 Å². The molecule has 0 spiro atoms. The van der Waals surface area contributed by atoms with Crippen LogP contribution in [0.25, 0.3) is 0 Å². The molecule has 0 saturated carbocycles. The Hall–Kier alpha value is -2.05. The molecule has 1 aliphatic rings. The minimum absolute atomic E-state index is 0.454. The van der Waals surface area contributed by atoms with E-state index in [0.29, 0.717) is 18.1 Å². The van der Waals surface area contributed by atoms with Gasteiger partial charge in [-0.3, -0.25) is 4.68 Å². The molecule has 2 aromatic rings. The number of anilines is 1. The van der Waals surface area contributed by atoms with Crippen molar-refractivity contribution in [2.45, 2.75) is 38.8 Å². The first kappa shape index (κ1) is 12.0. The van der Waals surface area contributed by atoms with E-state index in [1.165, 1.54) is 19.3 Å². The Kier molecular flexibility index (Phi) is 3.10. The van der Waals surface area contributed by atoms with Crippen molar-refractivity contribution in [2.24, 2.45) is 0 Å². The summed E-state index contributed by atoms with van der Waals surface area (Å²) in [5.74, 6) is 2.47. The van der Waals surface area contributed by atoms with Crippen LogP contribution in [0.2, 0.25) is 0 Å². The molecule has 0 fully saturated rings. The van der Waals surface area contributed by atoms with Crippen molar-refractivity contribution in [3.63, 3.8) is 0 Å². The molecule has 0 atom stereocenters. The molecule has 7 heteroatoms. The van der Waals surface area contributed by atoms with Gasteiger partial charge >= 0.3 is 0 Å². The van der Waals surface area contributed by atoms with Gasteiger partial charge in [0.2, 0.25) is 0 Å². The molecule has 2 aromatic heterocycles. The SMILES string of the molecule is COc1nn(Cc2nnc3n2CCCCC3)cc1N. The molecular weight excluding hydrogens is 244 g/mol. The average Bonchev–Trinajstić information content (AvgIpc) is 2.85. The predicted octanol–water partition coefficient (Wildman–Crippen LogP) is 0.840. The maximum atomic E-state index is 5.79. The van der Waals surface area contributed by atoms with Crippen LogP contribution >= 0.6 is 0 Å². The van der Waals surface area contributed by atoms with Gasteiger partial charge in [-0.05, 0) is 12.8 Å². The highest BCUT2D eigenvalue weighted by atomic mass is 16.5. The second kappa shape index (κ2) is 4.91. The number of aromatic nitrogens is 5. The predicted molar refractivity (Wildman–Crippen MR) is 69.9 cm³/mol. The third-order valence-electron chi connectivity index (χ3n) is 3.44. The van der Waals surface area contributed by atoms with Crippen molar-refractivity contribution in [1.82, 2.24) is 24.5 Å². The summed E-state index contributed by atoms with van der Waals surface area (Å²) in [5, 5.41) is 12.8. The van der Waals surface area contributed by atoms with Crippen LogP contribution in [-0.2, 0) is 19.5 Å². The number of nitrogen functional groups attached to an aromatic ring is 1. The van der Waals surface area contributed by atoms with Gasteiger partial charge in [0, 0.05) is 13.0 Å². The summed E-state index contributed by atoms with van der Waals surface area (Å²) in [6.07, 6.45) is 6.41. The van der Waals surface area contributed by atoms with Crippen LogP contribution in [0.4, 0.5) is 5.69 Å². The highest BCUT2D eigenvalue weighted by Gasteiger charge is 2.16. The lowest BCUT2D eigenvalue weighted by molar-refractivity contribution is 0.391. The van der Waals surface area contributed by atoms with Crippen molar-refractivity contribution in [2.75, 3.05) is 12.8 Å². The fraction of sp³-hybridized carbons (Fsp3) is 0.583. The number of aryl methyl sites for hydroxylation is 1. The van der Waals surface area contributed by atoms with Gasteiger partial charge in [0.25, 0.3) is 5.88 Å². The van der Waals surface area contributed by atoms with Crippen molar-refractivity contribution in [3.05, 3.63) is 17.8 Å². The van der Waals surface area contributed by atoms with E-state index in [9.17, 15) is 0 Å². The Morgan fingerprint density at radius 1 is 1.32 bits per heavy atom. The first-order chi connectivity index (χ1) is 9.28. The fourth-order valence-corrected chi connectivity index (χ4v) is 2.47. The molecule has 0 saturated heterocycles. The number of fused-ring (bicyclic) bond motifs is 1. The molecular formula is C12H18N6O. The summed E-state index contributed by atoms with van der Waals surface area (Å²) in [6.45, 7) is 1.56. The van der Waals surface area contributed by atoms with E-state index in [2.05, 4.69) is 19.9 Å². The van der Waals surface area contributed by atoms with Gasteiger partial charge in [-0.25, -0.2) is 0 Å². The second-order valence-electron chi connectivity index (χ2n) is 4.79. The summed E-state index contributed by atoms with van der Waals surface area (Å²) in [4.78, 5) is 0. The fourth-order valence-electron chi connectivity index (χ4n) is 2.47. The normalized spacial score (nSPS) is 15.0. The molecule has 0 bridgehead atoms. The number of hydrogen-bond donors (Lipinski definition) is 1. The molecule has 3 heterocycles. The molecule has 0 radical (unpaired) electrons. The Balaban J connectivity index is 1.84. The van der Waals surface area contributed by atoms with Crippen LogP contribution in [0.1, 0.15) is 30.9 Å². The molecule has 0 unspecified atom stereocenters. The summed E-state index contributed by atoms with van der Waals surface area (Å²) >= 11 is 0. The monoisotopic (exact) mass is 262 g/mol. The smallest absolute Gasteiger partial charge is 0.256 e. The van der Waals surface area contributed by atoms with Crippen LogP contribution < -0.4 is 10.5 Å². The summed E-state index contributed by atoms with van der Waals surface area (Å²) in [5.41, 5.74) is 6.33. The van der Waals surface area contributed by atoms with Crippen LogP contribution in [-0.4, -0.2) is 31.7 Å². The molecule has 0 aliphatic carbocycles. The number of nitrogens with zero attached hydrogens (tertiary/aromatic N) is 5. The van der Waals surface area contributed by atoms with E-state index in [0.717, 1.165) is 24.6 Å². The zero-order valence-corrected chi connectivity index (χ0v) is 11.0. The lowest BCUT2D eigenvalue weighted by Crippen LogP contribution is -2.10.